The van der Waals surface area contributed by atoms with E-state index in [1.54, 1.807) is 7.05 Å². The summed E-state index contributed by atoms with van der Waals surface area (Å²) in [5.74, 6) is -1.60. The Labute approximate surface area is 95.2 Å². The minimum Gasteiger partial charge on any atom is -0.481 e. The van der Waals surface area contributed by atoms with Gasteiger partial charge >= 0.3 is 5.97 Å². The Morgan fingerprint density at radius 3 is 2.50 bits per heavy atom. The van der Waals surface area contributed by atoms with Crippen LogP contribution < -0.4 is 5.32 Å². The van der Waals surface area contributed by atoms with Crippen LogP contribution in [0, 0.1) is 16.0 Å². The first-order chi connectivity index (χ1) is 7.31. The molecule has 0 aliphatic heterocycles. The third-order valence-electron chi connectivity index (χ3n) is 2.57. The summed E-state index contributed by atoms with van der Waals surface area (Å²) in [6.07, 6.45) is 1.24. The van der Waals surface area contributed by atoms with Gasteiger partial charge in [0.25, 0.3) is 0 Å². The molecular formula is C10H20N2O4. The first-order valence-electron chi connectivity index (χ1n) is 5.33. The molecule has 0 fully saturated rings. The van der Waals surface area contributed by atoms with Crippen molar-refractivity contribution in [2.75, 3.05) is 13.6 Å². The number of nitrogens with zero attached hydrogens (tertiary/aromatic N) is 1. The van der Waals surface area contributed by atoms with Crippen molar-refractivity contribution in [3.05, 3.63) is 10.1 Å². The molecule has 0 amide bonds. The van der Waals surface area contributed by atoms with Gasteiger partial charge in [-0.25, -0.2) is 0 Å². The molecule has 2 N–H and O–H groups in total. The second-order valence-corrected chi connectivity index (χ2v) is 4.55. The molecule has 0 aliphatic carbocycles. The fraction of sp³-hybridized carbons (Fsp3) is 0.900. The maximum atomic E-state index is 11.0. The highest BCUT2D eigenvalue weighted by Crippen LogP contribution is 2.23. The first-order valence-corrected chi connectivity index (χ1v) is 5.33. The second-order valence-electron chi connectivity index (χ2n) is 4.55. The van der Waals surface area contributed by atoms with Crippen molar-refractivity contribution in [2.45, 2.75) is 38.6 Å². The first kappa shape index (κ1) is 14.8. The van der Waals surface area contributed by atoms with Crippen molar-refractivity contribution in [3.8, 4) is 0 Å². The Kier molecular flexibility index (Phi) is 5.95. The number of nitro groups is 1. The van der Waals surface area contributed by atoms with Crippen LogP contribution in [0.15, 0.2) is 0 Å². The molecule has 0 radical (unpaired) electrons. The Balaban J connectivity index is 4.33. The lowest BCUT2D eigenvalue weighted by Gasteiger charge is -2.20. The van der Waals surface area contributed by atoms with Crippen molar-refractivity contribution in [1.82, 2.24) is 5.32 Å². The molecule has 0 bridgehead atoms. The Hall–Kier alpha value is -1.17. The number of carbonyl (C=O) groups is 1. The van der Waals surface area contributed by atoms with Gasteiger partial charge in [-0.3, -0.25) is 14.9 Å². The van der Waals surface area contributed by atoms with E-state index < -0.39 is 22.3 Å². The lowest BCUT2D eigenvalue weighted by Crippen LogP contribution is -2.35. The standard InChI is InChI=1S/C10H20N2O4/c1-10(2,12(15)16)7-8(9(13)14)5-4-6-11-3/h8,11H,4-7H2,1-3H3,(H,13,14). The van der Waals surface area contributed by atoms with E-state index in [-0.39, 0.29) is 6.42 Å². The minimum absolute atomic E-state index is 0.0685. The van der Waals surface area contributed by atoms with Crippen LogP contribution >= 0.6 is 0 Å². The van der Waals surface area contributed by atoms with Crippen LogP contribution in [0.25, 0.3) is 0 Å². The third-order valence-corrected chi connectivity index (χ3v) is 2.57. The van der Waals surface area contributed by atoms with Gasteiger partial charge in [-0.1, -0.05) is 0 Å². The molecule has 0 aromatic heterocycles. The zero-order valence-corrected chi connectivity index (χ0v) is 10.0. The summed E-state index contributed by atoms with van der Waals surface area (Å²) in [5, 5.41) is 22.6. The summed E-state index contributed by atoms with van der Waals surface area (Å²) in [5.41, 5.74) is -1.18. The molecule has 94 valence electrons. The quantitative estimate of drug-likeness (QED) is 0.372. The minimum atomic E-state index is -1.18. The van der Waals surface area contributed by atoms with Crippen LogP contribution in [-0.2, 0) is 4.79 Å². The lowest BCUT2D eigenvalue weighted by atomic mass is 9.88. The van der Waals surface area contributed by atoms with E-state index in [4.69, 9.17) is 5.11 Å². The number of hydrogen-bond donors (Lipinski definition) is 2. The molecule has 0 saturated heterocycles. The van der Waals surface area contributed by atoms with E-state index in [1.165, 1.54) is 13.8 Å². The van der Waals surface area contributed by atoms with Crippen LogP contribution in [0.4, 0.5) is 0 Å². The number of carboxylic acid groups (broad SMARTS) is 1. The van der Waals surface area contributed by atoms with Gasteiger partial charge in [0, 0.05) is 25.2 Å². The summed E-state index contributed by atoms with van der Waals surface area (Å²) in [4.78, 5) is 21.2. The smallest absolute Gasteiger partial charge is 0.306 e. The van der Waals surface area contributed by atoms with Gasteiger partial charge in [0.15, 0.2) is 0 Å². The average Bonchev–Trinajstić information content (AvgIpc) is 2.16. The number of carboxylic acids is 1. The van der Waals surface area contributed by atoms with E-state index in [0.29, 0.717) is 12.8 Å². The monoisotopic (exact) mass is 232 g/mol. The predicted octanol–water partition coefficient (Wildman–Crippen LogP) is 1.13. The van der Waals surface area contributed by atoms with Crippen LogP contribution in [0.2, 0.25) is 0 Å². The Morgan fingerprint density at radius 2 is 2.12 bits per heavy atom. The topological polar surface area (TPSA) is 92.5 Å². The van der Waals surface area contributed by atoms with Gasteiger partial charge in [-0.15, -0.1) is 0 Å². The van der Waals surface area contributed by atoms with Gasteiger partial charge < -0.3 is 10.4 Å². The Morgan fingerprint density at radius 1 is 1.56 bits per heavy atom. The Bertz CT molecular complexity index is 253. The number of nitrogens with one attached hydrogen (secondary N) is 1. The SMILES string of the molecule is CNCCCC(CC(C)(C)[N+](=O)[O-])C(=O)O. The van der Waals surface area contributed by atoms with Crippen LogP contribution in [0.1, 0.15) is 33.1 Å². The van der Waals surface area contributed by atoms with Gasteiger partial charge in [0.2, 0.25) is 5.54 Å². The molecule has 16 heavy (non-hydrogen) atoms. The van der Waals surface area contributed by atoms with E-state index in [1.807, 2.05) is 0 Å². The van der Waals surface area contributed by atoms with Crippen molar-refractivity contribution in [2.24, 2.45) is 5.92 Å². The molecule has 0 rings (SSSR count). The fourth-order valence-electron chi connectivity index (χ4n) is 1.52. The van der Waals surface area contributed by atoms with Crippen molar-refractivity contribution in [3.63, 3.8) is 0 Å². The van der Waals surface area contributed by atoms with E-state index in [9.17, 15) is 14.9 Å². The van der Waals surface area contributed by atoms with Crippen molar-refractivity contribution in [1.29, 1.82) is 0 Å². The van der Waals surface area contributed by atoms with Crippen LogP contribution in [0.3, 0.4) is 0 Å². The summed E-state index contributed by atoms with van der Waals surface area (Å²) in [6.45, 7) is 3.64. The summed E-state index contributed by atoms with van der Waals surface area (Å²) < 4.78 is 0. The number of hydrogen-bond acceptors (Lipinski definition) is 4. The number of aliphatic carboxylic acids is 1. The molecule has 6 nitrogen and oxygen atoms in total. The molecule has 1 unspecified atom stereocenters. The molecule has 0 aromatic rings. The largest absolute Gasteiger partial charge is 0.481 e. The molecule has 6 heteroatoms. The van der Waals surface area contributed by atoms with E-state index in [2.05, 4.69) is 5.32 Å². The highest BCUT2D eigenvalue weighted by Gasteiger charge is 2.36. The van der Waals surface area contributed by atoms with Crippen LogP contribution in [0.5, 0.6) is 0 Å². The zero-order chi connectivity index (χ0) is 12.8. The highest BCUT2D eigenvalue weighted by atomic mass is 16.6. The molecule has 1 atom stereocenters. The lowest BCUT2D eigenvalue weighted by molar-refractivity contribution is -0.562. The fourth-order valence-corrected chi connectivity index (χ4v) is 1.52. The van der Waals surface area contributed by atoms with Gasteiger partial charge in [-0.2, -0.15) is 0 Å². The molecule has 0 spiro atoms. The second kappa shape index (κ2) is 6.42. The van der Waals surface area contributed by atoms with Gasteiger partial charge in [0.1, 0.15) is 0 Å². The highest BCUT2D eigenvalue weighted by molar-refractivity contribution is 5.70. The third kappa shape index (κ3) is 5.06. The van der Waals surface area contributed by atoms with Crippen molar-refractivity contribution < 1.29 is 14.8 Å². The van der Waals surface area contributed by atoms with E-state index in [0.717, 1.165) is 6.54 Å². The zero-order valence-electron chi connectivity index (χ0n) is 10.0. The number of rotatable bonds is 8. The van der Waals surface area contributed by atoms with E-state index >= 15 is 0 Å². The summed E-state index contributed by atoms with van der Waals surface area (Å²) >= 11 is 0. The summed E-state index contributed by atoms with van der Waals surface area (Å²) in [6, 6.07) is 0. The maximum absolute atomic E-state index is 11.0. The predicted molar refractivity (Wildman–Crippen MR) is 60.0 cm³/mol. The molecule has 0 heterocycles. The molecule has 0 aliphatic rings. The summed E-state index contributed by atoms with van der Waals surface area (Å²) in [7, 11) is 1.79. The van der Waals surface area contributed by atoms with Crippen LogP contribution in [-0.4, -0.2) is 35.1 Å². The molecule has 0 aromatic carbocycles. The van der Waals surface area contributed by atoms with Gasteiger partial charge in [-0.05, 0) is 26.4 Å². The van der Waals surface area contributed by atoms with Gasteiger partial charge in [0.05, 0.1) is 5.92 Å². The maximum Gasteiger partial charge on any atom is 0.306 e. The molecular weight excluding hydrogens is 212 g/mol. The average molecular weight is 232 g/mol. The molecule has 0 saturated carbocycles. The normalized spacial score (nSPS) is 13.4. The van der Waals surface area contributed by atoms with Crippen molar-refractivity contribution >= 4 is 5.97 Å².